The fraction of sp³-hybridized carbons (Fsp3) is 0.174. The monoisotopic (exact) mass is 386 g/mol. The van der Waals surface area contributed by atoms with E-state index in [9.17, 15) is 4.79 Å². The molecule has 4 rings (SSSR count). The van der Waals surface area contributed by atoms with Gasteiger partial charge >= 0.3 is 0 Å². The van der Waals surface area contributed by atoms with Crippen molar-refractivity contribution < 1.29 is 9.53 Å². The molecule has 0 atom stereocenters. The van der Waals surface area contributed by atoms with Crippen LogP contribution in [0.1, 0.15) is 35.9 Å². The van der Waals surface area contributed by atoms with E-state index >= 15 is 0 Å². The summed E-state index contributed by atoms with van der Waals surface area (Å²) in [7, 11) is 0. The summed E-state index contributed by atoms with van der Waals surface area (Å²) < 4.78 is 7.79. The van der Waals surface area contributed by atoms with Gasteiger partial charge in [-0.1, -0.05) is 30.3 Å². The van der Waals surface area contributed by atoms with Crippen LogP contribution in [0.3, 0.4) is 0 Å². The van der Waals surface area contributed by atoms with Crippen LogP contribution in [0.25, 0.3) is 11.0 Å². The van der Waals surface area contributed by atoms with Crippen molar-refractivity contribution >= 4 is 22.6 Å². The first-order valence-corrected chi connectivity index (χ1v) is 9.51. The van der Waals surface area contributed by atoms with Crippen LogP contribution in [0, 0.1) is 6.92 Å². The first kappa shape index (κ1) is 18.7. The highest BCUT2D eigenvalue weighted by atomic mass is 16.5. The van der Waals surface area contributed by atoms with Crippen molar-refractivity contribution in [3.8, 4) is 11.5 Å². The molecule has 0 aliphatic heterocycles. The van der Waals surface area contributed by atoms with Crippen molar-refractivity contribution in [3.63, 3.8) is 0 Å². The number of para-hydroxylation sites is 3. The fourth-order valence-corrected chi connectivity index (χ4v) is 3.14. The molecule has 0 radical (unpaired) electrons. The van der Waals surface area contributed by atoms with Gasteiger partial charge in [0.25, 0.3) is 5.91 Å². The molecular formula is C23H22N4O2. The average Bonchev–Trinajstić information content (AvgIpc) is 3.12. The van der Waals surface area contributed by atoms with Gasteiger partial charge in [-0.15, -0.1) is 0 Å². The van der Waals surface area contributed by atoms with E-state index in [1.54, 1.807) is 6.20 Å². The Morgan fingerprint density at radius 3 is 2.55 bits per heavy atom. The molecule has 0 aliphatic rings. The van der Waals surface area contributed by atoms with E-state index < -0.39 is 0 Å². The lowest BCUT2D eigenvalue weighted by Crippen LogP contribution is -2.15. The number of amides is 1. The summed E-state index contributed by atoms with van der Waals surface area (Å²) in [6.45, 7) is 5.93. The van der Waals surface area contributed by atoms with Gasteiger partial charge in [-0.25, -0.2) is 9.67 Å². The quantitative estimate of drug-likeness (QED) is 0.501. The van der Waals surface area contributed by atoms with Crippen molar-refractivity contribution in [2.75, 3.05) is 5.32 Å². The number of nitrogens with zero attached hydrogens (tertiary/aromatic N) is 3. The molecule has 0 spiro atoms. The highest BCUT2D eigenvalue weighted by Gasteiger charge is 2.17. The van der Waals surface area contributed by atoms with Crippen LogP contribution in [0.15, 0.2) is 66.9 Å². The Kier molecular flexibility index (Phi) is 4.99. The summed E-state index contributed by atoms with van der Waals surface area (Å²) in [5, 5.41) is 8.17. The van der Waals surface area contributed by atoms with Crippen molar-refractivity contribution in [1.82, 2.24) is 14.8 Å². The van der Waals surface area contributed by atoms with Crippen molar-refractivity contribution in [2.24, 2.45) is 0 Å². The van der Waals surface area contributed by atoms with Gasteiger partial charge in [-0.05, 0) is 51.1 Å². The molecule has 0 aliphatic carbocycles. The zero-order chi connectivity index (χ0) is 20.4. The van der Waals surface area contributed by atoms with Gasteiger partial charge in [-0.2, -0.15) is 5.10 Å². The Balaban J connectivity index is 1.63. The van der Waals surface area contributed by atoms with Crippen LogP contribution >= 0.6 is 0 Å². The molecule has 2 aromatic carbocycles. The molecule has 146 valence electrons. The molecule has 4 aromatic rings. The second-order valence-electron chi connectivity index (χ2n) is 7.08. The van der Waals surface area contributed by atoms with Crippen molar-refractivity contribution in [1.29, 1.82) is 0 Å². The number of carbonyl (C=O) groups excluding carboxylic acids is 1. The number of fused-ring (bicyclic) bond motifs is 1. The second kappa shape index (κ2) is 7.75. The highest BCUT2D eigenvalue weighted by Crippen LogP contribution is 2.30. The Bertz CT molecular complexity index is 1170. The van der Waals surface area contributed by atoms with Crippen molar-refractivity contribution in [2.45, 2.75) is 26.8 Å². The number of nitrogens with one attached hydrogen (secondary N) is 1. The lowest BCUT2D eigenvalue weighted by atomic mass is 10.1. The average molecular weight is 386 g/mol. The molecule has 0 saturated heterocycles. The molecule has 0 unspecified atom stereocenters. The van der Waals surface area contributed by atoms with Crippen LogP contribution in [-0.2, 0) is 0 Å². The molecule has 6 nitrogen and oxygen atoms in total. The zero-order valence-electron chi connectivity index (χ0n) is 16.6. The molecule has 0 fully saturated rings. The number of hydrogen-bond donors (Lipinski definition) is 1. The molecule has 2 aromatic heterocycles. The van der Waals surface area contributed by atoms with Gasteiger partial charge in [0.2, 0.25) is 0 Å². The first-order chi connectivity index (χ1) is 14.0. The Hall–Kier alpha value is -3.67. The number of aromatic nitrogens is 3. The summed E-state index contributed by atoms with van der Waals surface area (Å²) in [4.78, 5) is 17.6. The molecule has 2 heterocycles. The van der Waals surface area contributed by atoms with E-state index in [0.717, 1.165) is 11.0 Å². The molecule has 29 heavy (non-hydrogen) atoms. The van der Waals surface area contributed by atoms with E-state index in [2.05, 4.69) is 15.4 Å². The maximum absolute atomic E-state index is 13.0. The van der Waals surface area contributed by atoms with Gasteiger partial charge in [0.15, 0.2) is 11.4 Å². The standard InChI is InChI=1S/C23H22N4O2/c1-15(2)27-22-17(14-24-27)13-19(16(3)25-22)23(28)26-20-11-7-8-12-21(20)29-18-9-5-4-6-10-18/h4-15H,1-3H3,(H,26,28). The Morgan fingerprint density at radius 1 is 1.07 bits per heavy atom. The number of benzene rings is 2. The predicted molar refractivity (Wildman–Crippen MR) is 114 cm³/mol. The number of rotatable bonds is 5. The van der Waals surface area contributed by atoms with E-state index in [1.165, 1.54) is 0 Å². The maximum Gasteiger partial charge on any atom is 0.257 e. The Labute approximate surface area is 169 Å². The lowest BCUT2D eigenvalue weighted by molar-refractivity contribution is 0.102. The molecular weight excluding hydrogens is 364 g/mol. The van der Waals surface area contributed by atoms with E-state index in [1.807, 2.05) is 86.1 Å². The summed E-state index contributed by atoms with van der Waals surface area (Å²) in [5.74, 6) is 1.04. The van der Waals surface area contributed by atoms with Gasteiger partial charge in [-0.3, -0.25) is 4.79 Å². The van der Waals surface area contributed by atoms with Gasteiger partial charge in [0.1, 0.15) is 5.75 Å². The zero-order valence-corrected chi connectivity index (χ0v) is 16.6. The summed E-state index contributed by atoms with van der Waals surface area (Å²) in [6, 6.07) is 18.9. The number of pyridine rings is 1. The highest BCUT2D eigenvalue weighted by molar-refractivity contribution is 6.07. The summed E-state index contributed by atoms with van der Waals surface area (Å²) >= 11 is 0. The predicted octanol–water partition coefficient (Wildman–Crippen LogP) is 5.37. The molecule has 1 amide bonds. The maximum atomic E-state index is 13.0. The minimum absolute atomic E-state index is 0.195. The fourth-order valence-electron chi connectivity index (χ4n) is 3.14. The number of ether oxygens (including phenoxy) is 1. The summed E-state index contributed by atoms with van der Waals surface area (Å²) in [5.41, 5.74) is 2.54. The lowest BCUT2D eigenvalue weighted by Gasteiger charge is -2.13. The second-order valence-corrected chi connectivity index (χ2v) is 7.08. The molecule has 0 saturated carbocycles. The van der Waals surface area contributed by atoms with Crippen LogP contribution in [0.2, 0.25) is 0 Å². The van der Waals surface area contributed by atoms with Gasteiger partial charge < -0.3 is 10.1 Å². The van der Waals surface area contributed by atoms with Crippen LogP contribution in [-0.4, -0.2) is 20.7 Å². The topological polar surface area (TPSA) is 69.0 Å². The SMILES string of the molecule is Cc1nc2c(cnn2C(C)C)cc1C(=O)Nc1ccccc1Oc1ccccc1. The third-order valence-electron chi connectivity index (χ3n) is 4.60. The first-order valence-electron chi connectivity index (χ1n) is 9.51. The van der Waals surface area contributed by atoms with Gasteiger partial charge in [0.05, 0.1) is 23.1 Å². The molecule has 6 heteroatoms. The molecule has 0 bridgehead atoms. The number of hydrogen-bond acceptors (Lipinski definition) is 4. The van der Waals surface area contributed by atoms with Crippen LogP contribution in [0.4, 0.5) is 5.69 Å². The number of aryl methyl sites for hydroxylation is 1. The van der Waals surface area contributed by atoms with E-state index in [-0.39, 0.29) is 11.9 Å². The smallest absolute Gasteiger partial charge is 0.257 e. The molecule has 1 N–H and O–H groups in total. The van der Waals surface area contributed by atoms with Crippen LogP contribution < -0.4 is 10.1 Å². The van der Waals surface area contributed by atoms with Crippen LogP contribution in [0.5, 0.6) is 11.5 Å². The van der Waals surface area contributed by atoms with Gasteiger partial charge in [0, 0.05) is 11.4 Å². The number of anilines is 1. The summed E-state index contributed by atoms with van der Waals surface area (Å²) in [6.07, 6.45) is 1.74. The minimum Gasteiger partial charge on any atom is -0.455 e. The van der Waals surface area contributed by atoms with E-state index in [0.29, 0.717) is 28.4 Å². The van der Waals surface area contributed by atoms with E-state index in [4.69, 9.17) is 4.74 Å². The number of carbonyl (C=O) groups is 1. The largest absolute Gasteiger partial charge is 0.455 e. The normalized spacial score (nSPS) is 11.0. The Morgan fingerprint density at radius 2 is 1.79 bits per heavy atom. The third kappa shape index (κ3) is 3.82. The third-order valence-corrected chi connectivity index (χ3v) is 4.60. The minimum atomic E-state index is -0.238. The van der Waals surface area contributed by atoms with Crippen molar-refractivity contribution in [3.05, 3.63) is 78.1 Å².